The lowest BCUT2D eigenvalue weighted by atomic mass is 10.2. The normalized spacial score (nSPS) is 12.4. The minimum Gasteiger partial charge on any atom is -0.103 e. The zero-order valence-corrected chi connectivity index (χ0v) is 13.3. The predicted octanol–water partition coefficient (Wildman–Crippen LogP) is 6.93. The number of unbranched alkanes of at least 4 members (excludes halogenated alkanes) is 4. The summed E-state index contributed by atoms with van der Waals surface area (Å²) in [4.78, 5) is 0. The molecule has 0 atom stereocenters. The van der Waals surface area contributed by atoms with Crippen molar-refractivity contribution in [3.63, 3.8) is 0 Å². The molecule has 0 saturated carbocycles. The second kappa shape index (κ2) is 17.7. The van der Waals surface area contributed by atoms with Crippen LogP contribution in [-0.2, 0) is 0 Å². The molecule has 0 saturated heterocycles. The van der Waals surface area contributed by atoms with Crippen molar-refractivity contribution in [3.05, 3.63) is 61.3 Å². The van der Waals surface area contributed by atoms with E-state index in [4.69, 9.17) is 0 Å². The lowest BCUT2D eigenvalue weighted by Crippen LogP contribution is -1.70. The smallest absolute Gasteiger partial charge is 0.0169 e. The zero-order chi connectivity index (χ0) is 14.7. The molecule has 0 aliphatic rings. The van der Waals surface area contributed by atoms with E-state index in [1.165, 1.54) is 25.7 Å². The molecule has 0 fully saturated rings. The summed E-state index contributed by atoms with van der Waals surface area (Å²) in [5, 5.41) is 0. The molecule has 0 spiro atoms. The molecule has 0 heteroatoms. The quantitative estimate of drug-likeness (QED) is 0.252. The van der Waals surface area contributed by atoms with Crippen molar-refractivity contribution in [2.75, 3.05) is 0 Å². The zero-order valence-electron chi connectivity index (χ0n) is 13.3. The molecule has 0 rings (SSSR count). The molecule has 0 heterocycles. The van der Waals surface area contributed by atoms with Crippen LogP contribution in [0.25, 0.3) is 0 Å². The van der Waals surface area contributed by atoms with Gasteiger partial charge in [-0.1, -0.05) is 74.4 Å². The van der Waals surface area contributed by atoms with Crippen molar-refractivity contribution in [3.8, 4) is 0 Å². The van der Waals surface area contributed by atoms with Gasteiger partial charge in [-0.3, -0.25) is 0 Å². The Kier molecular flexibility index (Phi) is 16.5. The average Bonchev–Trinajstić information content (AvgIpc) is 2.47. The Morgan fingerprint density at radius 1 is 0.600 bits per heavy atom. The van der Waals surface area contributed by atoms with E-state index < -0.39 is 0 Å². The Balaban J connectivity index is 3.38. The van der Waals surface area contributed by atoms with E-state index in [1.54, 1.807) is 0 Å². The summed E-state index contributed by atoms with van der Waals surface area (Å²) >= 11 is 0. The SMILES string of the molecule is C=CCC/C=C\C/C=C\C/C=C\C/C=C\CCCCC. The van der Waals surface area contributed by atoms with Crippen molar-refractivity contribution >= 4 is 0 Å². The van der Waals surface area contributed by atoms with Crippen molar-refractivity contribution in [2.24, 2.45) is 0 Å². The van der Waals surface area contributed by atoms with Crippen LogP contribution in [0, 0.1) is 0 Å². The fourth-order valence-corrected chi connectivity index (χ4v) is 1.78. The Morgan fingerprint density at radius 2 is 1.10 bits per heavy atom. The van der Waals surface area contributed by atoms with Gasteiger partial charge in [0.05, 0.1) is 0 Å². The lowest BCUT2D eigenvalue weighted by Gasteiger charge is -1.90. The molecule has 20 heavy (non-hydrogen) atoms. The third-order valence-electron chi connectivity index (χ3n) is 2.99. The van der Waals surface area contributed by atoms with Crippen molar-refractivity contribution in [1.82, 2.24) is 0 Å². The molecule has 0 aliphatic heterocycles. The van der Waals surface area contributed by atoms with Crippen molar-refractivity contribution in [1.29, 1.82) is 0 Å². The highest BCUT2D eigenvalue weighted by atomic mass is 13.9. The van der Waals surface area contributed by atoms with Crippen LogP contribution in [0.2, 0.25) is 0 Å². The van der Waals surface area contributed by atoms with Gasteiger partial charge >= 0.3 is 0 Å². The van der Waals surface area contributed by atoms with Gasteiger partial charge in [-0.15, -0.1) is 6.58 Å². The molecule has 0 nitrogen and oxygen atoms in total. The maximum absolute atomic E-state index is 3.71. The van der Waals surface area contributed by atoms with Crippen LogP contribution in [0.4, 0.5) is 0 Å². The van der Waals surface area contributed by atoms with Gasteiger partial charge in [0, 0.05) is 0 Å². The minimum absolute atomic E-state index is 1.04. The Hall–Kier alpha value is -1.30. The van der Waals surface area contributed by atoms with E-state index in [0.717, 1.165) is 32.1 Å². The molecular weight excluding hydrogens is 240 g/mol. The maximum atomic E-state index is 3.71. The minimum atomic E-state index is 1.04. The maximum Gasteiger partial charge on any atom is -0.0169 e. The molecule has 0 aliphatic carbocycles. The molecule has 0 aromatic rings. The third-order valence-corrected chi connectivity index (χ3v) is 2.99. The summed E-state index contributed by atoms with van der Waals surface area (Å²) < 4.78 is 0. The first-order valence-electron chi connectivity index (χ1n) is 8.12. The highest BCUT2D eigenvalue weighted by Crippen LogP contribution is 2.01. The van der Waals surface area contributed by atoms with E-state index in [9.17, 15) is 0 Å². The number of allylic oxidation sites excluding steroid dienone is 9. The predicted molar refractivity (Wildman–Crippen MR) is 94.0 cm³/mol. The van der Waals surface area contributed by atoms with Crippen LogP contribution < -0.4 is 0 Å². The Bertz CT molecular complexity index is 302. The van der Waals surface area contributed by atoms with E-state index in [1.807, 2.05) is 6.08 Å². The number of hydrogen-bond donors (Lipinski definition) is 0. The fourth-order valence-electron chi connectivity index (χ4n) is 1.78. The van der Waals surface area contributed by atoms with Crippen LogP contribution in [-0.4, -0.2) is 0 Å². The largest absolute Gasteiger partial charge is 0.103 e. The summed E-state index contributed by atoms with van der Waals surface area (Å²) in [6, 6.07) is 0. The average molecular weight is 272 g/mol. The molecular formula is C20H32. The first-order chi connectivity index (χ1) is 9.91. The van der Waals surface area contributed by atoms with Crippen LogP contribution in [0.1, 0.15) is 64.7 Å². The van der Waals surface area contributed by atoms with Gasteiger partial charge in [-0.25, -0.2) is 0 Å². The van der Waals surface area contributed by atoms with E-state index >= 15 is 0 Å². The van der Waals surface area contributed by atoms with Gasteiger partial charge < -0.3 is 0 Å². The summed E-state index contributed by atoms with van der Waals surface area (Å²) in [6.07, 6.45) is 30.5. The van der Waals surface area contributed by atoms with Crippen LogP contribution in [0.5, 0.6) is 0 Å². The molecule has 0 aromatic heterocycles. The lowest BCUT2D eigenvalue weighted by molar-refractivity contribution is 0.728. The molecule has 0 amide bonds. The van der Waals surface area contributed by atoms with Crippen LogP contribution in [0.15, 0.2) is 61.3 Å². The summed E-state index contributed by atoms with van der Waals surface area (Å²) in [5.41, 5.74) is 0. The van der Waals surface area contributed by atoms with Crippen molar-refractivity contribution in [2.45, 2.75) is 64.7 Å². The highest BCUT2D eigenvalue weighted by molar-refractivity contribution is 4.99. The first-order valence-corrected chi connectivity index (χ1v) is 8.12. The topological polar surface area (TPSA) is 0 Å². The molecule has 0 N–H and O–H groups in total. The van der Waals surface area contributed by atoms with Gasteiger partial charge in [-0.05, 0) is 44.9 Å². The fraction of sp³-hybridized carbons (Fsp3) is 0.500. The standard InChI is InChI=1S/C20H32/c1-3-5-7-9-11-13-15-17-19-20-18-16-14-12-10-8-6-4-2/h3,9,11-12,14-15,17-18,20H,1,4-8,10,13,16,19H2,2H3/b11-9-,14-12-,17-15-,20-18-. The molecule has 0 unspecified atom stereocenters. The number of rotatable bonds is 13. The second-order valence-electron chi connectivity index (χ2n) is 4.95. The Labute approximate surface area is 126 Å². The summed E-state index contributed by atoms with van der Waals surface area (Å²) in [5.74, 6) is 0. The summed E-state index contributed by atoms with van der Waals surface area (Å²) in [6.45, 7) is 5.95. The van der Waals surface area contributed by atoms with Crippen LogP contribution >= 0.6 is 0 Å². The van der Waals surface area contributed by atoms with Crippen molar-refractivity contribution < 1.29 is 0 Å². The highest BCUT2D eigenvalue weighted by Gasteiger charge is 1.80. The third kappa shape index (κ3) is 16.7. The first kappa shape index (κ1) is 18.7. The van der Waals surface area contributed by atoms with Gasteiger partial charge in [0.2, 0.25) is 0 Å². The molecule has 0 aromatic carbocycles. The van der Waals surface area contributed by atoms with Gasteiger partial charge in [0.1, 0.15) is 0 Å². The van der Waals surface area contributed by atoms with E-state index in [0.29, 0.717) is 0 Å². The Morgan fingerprint density at radius 3 is 1.60 bits per heavy atom. The molecule has 0 bridgehead atoms. The monoisotopic (exact) mass is 272 g/mol. The van der Waals surface area contributed by atoms with E-state index in [2.05, 4.69) is 62.1 Å². The number of hydrogen-bond acceptors (Lipinski definition) is 0. The van der Waals surface area contributed by atoms with Gasteiger partial charge in [0.25, 0.3) is 0 Å². The second-order valence-corrected chi connectivity index (χ2v) is 4.95. The van der Waals surface area contributed by atoms with Gasteiger partial charge in [0.15, 0.2) is 0 Å². The molecule has 112 valence electrons. The summed E-state index contributed by atoms with van der Waals surface area (Å²) in [7, 11) is 0. The van der Waals surface area contributed by atoms with E-state index in [-0.39, 0.29) is 0 Å². The van der Waals surface area contributed by atoms with Crippen LogP contribution in [0.3, 0.4) is 0 Å². The molecule has 0 radical (unpaired) electrons. The van der Waals surface area contributed by atoms with Gasteiger partial charge in [-0.2, -0.15) is 0 Å².